The van der Waals surface area contributed by atoms with Gasteiger partial charge in [0, 0.05) is 45.9 Å². The standard InChI is InChI=1S/C24H32N4O3/c1-2-31-19-22-11-7-6-10-21(22)17-26-24(30)28-14-12-27(13-15-28)18-23(29)25-16-20-8-4-3-5-9-20/h3-11H,2,12-19H2,1H3,(H,25,29)(H,26,30). The molecular weight excluding hydrogens is 392 g/mol. The number of carbonyl (C=O) groups excluding carboxylic acids is 2. The number of benzene rings is 2. The van der Waals surface area contributed by atoms with Gasteiger partial charge < -0.3 is 20.3 Å². The quantitative estimate of drug-likeness (QED) is 0.648. The fourth-order valence-corrected chi connectivity index (χ4v) is 3.53. The number of carbonyl (C=O) groups is 2. The van der Waals surface area contributed by atoms with Crippen molar-refractivity contribution < 1.29 is 14.3 Å². The van der Waals surface area contributed by atoms with Crippen LogP contribution in [0.15, 0.2) is 54.6 Å². The van der Waals surface area contributed by atoms with Crippen LogP contribution in [0.5, 0.6) is 0 Å². The molecule has 0 atom stereocenters. The topological polar surface area (TPSA) is 73.9 Å². The molecule has 0 spiro atoms. The van der Waals surface area contributed by atoms with E-state index < -0.39 is 0 Å². The van der Waals surface area contributed by atoms with Crippen molar-refractivity contribution >= 4 is 11.9 Å². The van der Waals surface area contributed by atoms with Crippen molar-refractivity contribution in [3.8, 4) is 0 Å². The van der Waals surface area contributed by atoms with Gasteiger partial charge in [0.1, 0.15) is 0 Å². The Morgan fingerprint density at radius 3 is 2.26 bits per heavy atom. The maximum absolute atomic E-state index is 12.6. The van der Waals surface area contributed by atoms with Gasteiger partial charge in [0.25, 0.3) is 0 Å². The summed E-state index contributed by atoms with van der Waals surface area (Å²) in [5.41, 5.74) is 3.24. The van der Waals surface area contributed by atoms with Crippen molar-refractivity contribution in [1.82, 2.24) is 20.4 Å². The van der Waals surface area contributed by atoms with Gasteiger partial charge in [0.2, 0.25) is 5.91 Å². The molecule has 1 heterocycles. The van der Waals surface area contributed by atoms with Crippen molar-refractivity contribution in [1.29, 1.82) is 0 Å². The van der Waals surface area contributed by atoms with Crippen LogP contribution in [0.2, 0.25) is 0 Å². The second kappa shape index (κ2) is 12.1. The van der Waals surface area contributed by atoms with E-state index in [9.17, 15) is 9.59 Å². The Morgan fingerprint density at radius 1 is 0.871 bits per heavy atom. The van der Waals surface area contributed by atoms with Crippen LogP contribution in [0.3, 0.4) is 0 Å². The zero-order valence-corrected chi connectivity index (χ0v) is 18.2. The Labute approximate surface area is 184 Å². The van der Waals surface area contributed by atoms with Crippen LogP contribution in [0.1, 0.15) is 23.6 Å². The van der Waals surface area contributed by atoms with Crippen molar-refractivity contribution in [2.45, 2.75) is 26.6 Å². The summed E-state index contributed by atoms with van der Waals surface area (Å²) < 4.78 is 5.51. The minimum Gasteiger partial charge on any atom is -0.377 e. The molecule has 0 saturated carbocycles. The largest absolute Gasteiger partial charge is 0.377 e. The molecule has 1 aliphatic rings. The van der Waals surface area contributed by atoms with Crippen LogP contribution in [-0.2, 0) is 29.2 Å². The number of hydrogen-bond donors (Lipinski definition) is 2. The SMILES string of the molecule is CCOCc1ccccc1CNC(=O)N1CCN(CC(=O)NCc2ccccc2)CC1. The van der Waals surface area contributed by atoms with E-state index in [-0.39, 0.29) is 11.9 Å². The zero-order valence-electron chi connectivity index (χ0n) is 18.2. The predicted molar refractivity (Wildman–Crippen MR) is 120 cm³/mol. The van der Waals surface area contributed by atoms with Crippen LogP contribution in [-0.4, -0.2) is 61.1 Å². The molecule has 0 radical (unpaired) electrons. The first-order valence-corrected chi connectivity index (χ1v) is 10.9. The second-order valence-corrected chi connectivity index (χ2v) is 7.59. The fraction of sp³-hybridized carbons (Fsp3) is 0.417. The molecule has 0 aliphatic carbocycles. The lowest BCUT2D eigenvalue weighted by Crippen LogP contribution is -2.53. The first-order valence-electron chi connectivity index (χ1n) is 10.9. The number of urea groups is 1. The normalized spacial score (nSPS) is 14.3. The molecule has 0 unspecified atom stereocenters. The zero-order chi connectivity index (χ0) is 21.9. The molecule has 0 bridgehead atoms. The Balaban J connectivity index is 1.37. The monoisotopic (exact) mass is 424 g/mol. The molecule has 166 valence electrons. The highest BCUT2D eigenvalue weighted by Crippen LogP contribution is 2.11. The summed E-state index contributed by atoms with van der Waals surface area (Å²) in [5, 5.41) is 5.97. The molecule has 7 nitrogen and oxygen atoms in total. The first kappa shape index (κ1) is 22.8. The van der Waals surface area contributed by atoms with E-state index in [1.807, 2.05) is 66.4 Å². The number of nitrogens with one attached hydrogen (secondary N) is 2. The summed E-state index contributed by atoms with van der Waals surface area (Å²) in [4.78, 5) is 28.7. The molecule has 31 heavy (non-hydrogen) atoms. The predicted octanol–water partition coefficient (Wildman–Crippen LogP) is 2.37. The summed E-state index contributed by atoms with van der Waals surface area (Å²) >= 11 is 0. The van der Waals surface area contributed by atoms with Crippen LogP contribution >= 0.6 is 0 Å². The number of piperazine rings is 1. The van der Waals surface area contributed by atoms with Crippen molar-refractivity contribution in [2.24, 2.45) is 0 Å². The fourth-order valence-electron chi connectivity index (χ4n) is 3.53. The number of nitrogens with zero attached hydrogens (tertiary/aromatic N) is 2. The van der Waals surface area contributed by atoms with E-state index in [2.05, 4.69) is 15.5 Å². The van der Waals surface area contributed by atoms with E-state index in [0.717, 1.165) is 16.7 Å². The number of hydrogen-bond acceptors (Lipinski definition) is 4. The average molecular weight is 425 g/mol. The number of ether oxygens (including phenoxy) is 1. The van der Waals surface area contributed by atoms with Crippen molar-refractivity contribution in [2.75, 3.05) is 39.3 Å². The molecular formula is C24H32N4O3. The van der Waals surface area contributed by atoms with Crippen molar-refractivity contribution in [3.63, 3.8) is 0 Å². The summed E-state index contributed by atoms with van der Waals surface area (Å²) in [6, 6.07) is 17.8. The molecule has 0 aromatic heterocycles. The van der Waals surface area contributed by atoms with E-state index in [1.165, 1.54) is 0 Å². The summed E-state index contributed by atoms with van der Waals surface area (Å²) in [6.07, 6.45) is 0. The van der Waals surface area contributed by atoms with Crippen LogP contribution < -0.4 is 10.6 Å². The van der Waals surface area contributed by atoms with Gasteiger partial charge in [-0.15, -0.1) is 0 Å². The molecule has 7 heteroatoms. The summed E-state index contributed by atoms with van der Waals surface area (Å²) in [6.45, 7) is 7.14. The average Bonchev–Trinajstić information content (AvgIpc) is 2.81. The number of rotatable bonds is 9. The highest BCUT2D eigenvalue weighted by Gasteiger charge is 2.22. The smallest absolute Gasteiger partial charge is 0.317 e. The first-order chi connectivity index (χ1) is 15.2. The lowest BCUT2D eigenvalue weighted by atomic mass is 10.1. The van der Waals surface area contributed by atoms with Crippen LogP contribution in [0.4, 0.5) is 4.79 Å². The molecule has 2 N–H and O–H groups in total. The minimum atomic E-state index is -0.0700. The third-order valence-electron chi connectivity index (χ3n) is 5.37. The highest BCUT2D eigenvalue weighted by atomic mass is 16.5. The van der Waals surface area contributed by atoms with Crippen LogP contribution in [0, 0.1) is 0 Å². The third-order valence-corrected chi connectivity index (χ3v) is 5.37. The molecule has 3 rings (SSSR count). The minimum absolute atomic E-state index is 0.00709. The van der Waals surface area contributed by atoms with Gasteiger partial charge in [-0.05, 0) is 23.6 Å². The van der Waals surface area contributed by atoms with Gasteiger partial charge in [-0.3, -0.25) is 9.69 Å². The van der Waals surface area contributed by atoms with E-state index in [1.54, 1.807) is 0 Å². The van der Waals surface area contributed by atoms with Crippen molar-refractivity contribution in [3.05, 3.63) is 71.3 Å². The van der Waals surface area contributed by atoms with Crippen LogP contribution in [0.25, 0.3) is 0 Å². The lowest BCUT2D eigenvalue weighted by Gasteiger charge is -2.34. The Bertz CT molecular complexity index is 836. The summed E-state index contributed by atoms with van der Waals surface area (Å²) in [5.74, 6) is 0.00709. The Hall–Kier alpha value is -2.90. The Kier molecular flexibility index (Phi) is 8.87. The molecule has 1 aliphatic heterocycles. The van der Waals surface area contributed by atoms with E-state index >= 15 is 0 Å². The van der Waals surface area contributed by atoms with E-state index in [4.69, 9.17) is 4.74 Å². The molecule has 1 saturated heterocycles. The van der Waals surface area contributed by atoms with E-state index in [0.29, 0.717) is 59.0 Å². The molecule has 1 fully saturated rings. The van der Waals surface area contributed by atoms with Gasteiger partial charge in [0.05, 0.1) is 13.2 Å². The third kappa shape index (κ3) is 7.38. The molecule has 2 aromatic carbocycles. The van der Waals surface area contributed by atoms with Gasteiger partial charge in [-0.1, -0.05) is 54.6 Å². The molecule has 2 aromatic rings. The maximum atomic E-state index is 12.6. The number of amides is 3. The highest BCUT2D eigenvalue weighted by molar-refractivity contribution is 5.78. The summed E-state index contributed by atoms with van der Waals surface area (Å²) in [7, 11) is 0. The molecule has 3 amide bonds. The maximum Gasteiger partial charge on any atom is 0.317 e. The lowest BCUT2D eigenvalue weighted by molar-refractivity contribution is -0.122. The van der Waals surface area contributed by atoms with Gasteiger partial charge in [0.15, 0.2) is 0 Å². The van der Waals surface area contributed by atoms with Gasteiger partial charge in [-0.2, -0.15) is 0 Å². The second-order valence-electron chi connectivity index (χ2n) is 7.59. The Morgan fingerprint density at radius 2 is 1.55 bits per heavy atom. The van der Waals surface area contributed by atoms with Gasteiger partial charge >= 0.3 is 6.03 Å². The van der Waals surface area contributed by atoms with Gasteiger partial charge in [-0.25, -0.2) is 4.79 Å².